The molecule has 0 aliphatic heterocycles. The summed E-state index contributed by atoms with van der Waals surface area (Å²) in [6.45, 7) is 0. The summed E-state index contributed by atoms with van der Waals surface area (Å²) in [4.78, 5) is 12.1. The number of rotatable bonds is 2. The van der Waals surface area contributed by atoms with Gasteiger partial charge in [0.25, 0.3) is 0 Å². The highest BCUT2D eigenvalue weighted by Gasteiger charge is 2.35. The van der Waals surface area contributed by atoms with Gasteiger partial charge in [0.2, 0.25) is 0 Å². The molecule has 98 valence electrons. The van der Waals surface area contributed by atoms with Crippen LogP contribution in [-0.4, -0.2) is 5.78 Å². The number of hydrogen-bond donors (Lipinski definition) is 0. The molecule has 0 saturated heterocycles. The summed E-state index contributed by atoms with van der Waals surface area (Å²) >= 11 is 5.73. The molecule has 0 unspecified atom stereocenters. The van der Waals surface area contributed by atoms with E-state index in [1.165, 1.54) is 12.1 Å². The monoisotopic (exact) mass is 276 g/mol. The van der Waals surface area contributed by atoms with Crippen molar-refractivity contribution in [3.8, 4) is 0 Å². The van der Waals surface area contributed by atoms with E-state index in [0.29, 0.717) is 0 Å². The van der Waals surface area contributed by atoms with E-state index < -0.39 is 16.8 Å². The van der Waals surface area contributed by atoms with E-state index in [0.717, 1.165) is 31.7 Å². The maximum Gasteiger partial charge on any atom is 0.417 e. The van der Waals surface area contributed by atoms with Gasteiger partial charge in [0.15, 0.2) is 5.78 Å². The fourth-order valence-corrected chi connectivity index (χ4v) is 2.68. The second-order valence-electron chi connectivity index (χ2n) is 4.51. The molecule has 1 aliphatic rings. The van der Waals surface area contributed by atoms with Crippen LogP contribution in [0, 0.1) is 5.92 Å². The number of Topliss-reactive ketones (excluding diaryl/α,β-unsaturated/α-hetero) is 1. The van der Waals surface area contributed by atoms with Crippen molar-refractivity contribution in [2.45, 2.75) is 31.9 Å². The van der Waals surface area contributed by atoms with E-state index in [-0.39, 0.29) is 17.3 Å². The Balaban J connectivity index is 2.36. The summed E-state index contributed by atoms with van der Waals surface area (Å²) in [5.74, 6) is -0.436. The van der Waals surface area contributed by atoms with Crippen LogP contribution in [0.4, 0.5) is 13.2 Å². The molecule has 1 fully saturated rings. The quantitative estimate of drug-likeness (QED) is 0.714. The van der Waals surface area contributed by atoms with Crippen LogP contribution < -0.4 is 0 Å². The summed E-state index contributed by atoms with van der Waals surface area (Å²) < 4.78 is 38.0. The van der Waals surface area contributed by atoms with Crippen LogP contribution in [0.5, 0.6) is 0 Å². The molecule has 1 aliphatic carbocycles. The van der Waals surface area contributed by atoms with Crippen LogP contribution in [-0.2, 0) is 6.18 Å². The van der Waals surface area contributed by atoms with Gasteiger partial charge in [-0.05, 0) is 25.0 Å². The van der Waals surface area contributed by atoms with Crippen molar-refractivity contribution in [3.05, 3.63) is 34.3 Å². The molecular weight excluding hydrogens is 265 g/mol. The summed E-state index contributed by atoms with van der Waals surface area (Å²) in [6.07, 6.45) is -1.14. The smallest absolute Gasteiger partial charge is 0.294 e. The van der Waals surface area contributed by atoms with Gasteiger partial charge < -0.3 is 0 Å². The Bertz CT molecular complexity index is 462. The summed E-state index contributed by atoms with van der Waals surface area (Å²) in [5, 5.41) is -0.470. The summed E-state index contributed by atoms with van der Waals surface area (Å²) in [7, 11) is 0. The third-order valence-electron chi connectivity index (χ3n) is 3.30. The van der Waals surface area contributed by atoms with Crippen molar-refractivity contribution in [1.29, 1.82) is 0 Å². The van der Waals surface area contributed by atoms with Crippen LogP contribution >= 0.6 is 11.6 Å². The van der Waals surface area contributed by atoms with Gasteiger partial charge in [0.1, 0.15) is 0 Å². The number of ketones is 1. The lowest BCUT2D eigenvalue weighted by Gasteiger charge is -2.14. The SMILES string of the molecule is O=C(c1cccc(C(F)(F)F)c1Cl)C1CCCC1. The number of hydrogen-bond acceptors (Lipinski definition) is 1. The van der Waals surface area contributed by atoms with Gasteiger partial charge in [-0.3, -0.25) is 4.79 Å². The number of carbonyl (C=O) groups excluding carboxylic acids is 1. The highest BCUT2D eigenvalue weighted by atomic mass is 35.5. The second kappa shape index (κ2) is 4.92. The average Bonchev–Trinajstić information content (AvgIpc) is 2.80. The van der Waals surface area contributed by atoms with E-state index in [1.807, 2.05) is 0 Å². The normalized spacial score (nSPS) is 17.1. The molecule has 1 saturated carbocycles. The van der Waals surface area contributed by atoms with Gasteiger partial charge >= 0.3 is 6.18 Å². The molecule has 5 heteroatoms. The molecule has 2 rings (SSSR count). The first-order valence-electron chi connectivity index (χ1n) is 5.81. The Morgan fingerprint density at radius 2 is 1.83 bits per heavy atom. The molecule has 0 amide bonds. The van der Waals surface area contributed by atoms with Crippen molar-refractivity contribution >= 4 is 17.4 Å². The molecule has 1 nitrogen and oxygen atoms in total. The zero-order chi connectivity index (χ0) is 13.3. The molecule has 0 bridgehead atoms. The highest BCUT2D eigenvalue weighted by molar-refractivity contribution is 6.34. The lowest BCUT2D eigenvalue weighted by molar-refractivity contribution is -0.137. The molecule has 0 spiro atoms. The van der Waals surface area contributed by atoms with Crippen LogP contribution in [0.2, 0.25) is 5.02 Å². The van der Waals surface area contributed by atoms with Gasteiger partial charge in [0.05, 0.1) is 10.6 Å². The van der Waals surface area contributed by atoms with Crippen LogP contribution in [0.3, 0.4) is 0 Å². The Labute approximate surface area is 108 Å². The van der Waals surface area contributed by atoms with E-state index in [1.54, 1.807) is 0 Å². The van der Waals surface area contributed by atoms with Crippen molar-refractivity contribution in [2.75, 3.05) is 0 Å². The molecule has 0 atom stereocenters. The van der Waals surface area contributed by atoms with Gasteiger partial charge in [-0.25, -0.2) is 0 Å². The molecule has 0 aromatic heterocycles. The Kier molecular flexibility index (Phi) is 3.66. The molecular formula is C13H12ClF3O. The summed E-state index contributed by atoms with van der Waals surface area (Å²) in [6, 6.07) is 3.50. The van der Waals surface area contributed by atoms with Crippen molar-refractivity contribution < 1.29 is 18.0 Å². The van der Waals surface area contributed by atoms with E-state index >= 15 is 0 Å². The standard InChI is InChI=1S/C13H12ClF3O/c14-11-9(12(18)8-4-1-2-5-8)6-3-7-10(11)13(15,16)17/h3,6-8H,1-2,4-5H2. The lowest BCUT2D eigenvalue weighted by atomic mass is 9.95. The van der Waals surface area contributed by atoms with E-state index in [9.17, 15) is 18.0 Å². The molecule has 0 radical (unpaired) electrons. The predicted molar refractivity (Wildman–Crippen MR) is 62.7 cm³/mol. The predicted octanol–water partition coefficient (Wildman–Crippen LogP) is 4.73. The van der Waals surface area contributed by atoms with Crippen molar-refractivity contribution in [3.63, 3.8) is 0 Å². The van der Waals surface area contributed by atoms with Crippen LogP contribution in [0.1, 0.15) is 41.6 Å². The zero-order valence-electron chi connectivity index (χ0n) is 9.56. The molecule has 1 aromatic carbocycles. The van der Waals surface area contributed by atoms with Crippen molar-refractivity contribution in [2.24, 2.45) is 5.92 Å². The maximum atomic E-state index is 12.7. The zero-order valence-corrected chi connectivity index (χ0v) is 10.3. The Morgan fingerprint density at radius 1 is 1.22 bits per heavy atom. The number of alkyl halides is 3. The summed E-state index contributed by atoms with van der Waals surface area (Å²) in [5.41, 5.74) is -0.939. The highest BCUT2D eigenvalue weighted by Crippen LogP contribution is 2.38. The Morgan fingerprint density at radius 3 is 2.39 bits per heavy atom. The first kappa shape index (κ1) is 13.4. The number of carbonyl (C=O) groups is 1. The van der Waals surface area contributed by atoms with Crippen LogP contribution in [0.15, 0.2) is 18.2 Å². The lowest BCUT2D eigenvalue weighted by Crippen LogP contribution is -2.14. The minimum Gasteiger partial charge on any atom is -0.294 e. The fraction of sp³-hybridized carbons (Fsp3) is 0.462. The van der Waals surface area contributed by atoms with Gasteiger partial charge in [-0.2, -0.15) is 13.2 Å². The maximum absolute atomic E-state index is 12.7. The van der Waals surface area contributed by atoms with Gasteiger partial charge in [0, 0.05) is 11.5 Å². The number of halogens is 4. The third kappa shape index (κ3) is 2.53. The minimum atomic E-state index is -4.52. The number of benzene rings is 1. The Hall–Kier alpha value is -1.03. The third-order valence-corrected chi connectivity index (χ3v) is 3.70. The first-order valence-corrected chi connectivity index (χ1v) is 6.19. The van der Waals surface area contributed by atoms with Crippen molar-refractivity contribution in [1.82, 2.24) is 0 Å². The molecule has 0 N–H and O–H groups in total. The minimum absolute atomic E-state index is 0.00149. The molecule has 18 heavy (non-hydrogen) atoms. The van der Waals surface area contributed by atoms with Gasteiger partial charge in [-0.15, -0.1) is 0 Å². The van der Waals surface area contributed by atoms with E-state index in [2.05, 4.69) is 0 Å². The van der Waals surface area contributed by atoms with Gasteiger partial charge in [-0.1, -0.05) is 30.5 Å². The largest absolute Gasteiger partial charge is 0.417 e. The fourth-order valence-electron chi connectivity index (χ4n) is 2.35. The van der Waals surface area contributed by atoms with Crippen LogP contribution in [0.25, 0.3) is 0 Å². The average molecular weight is 277 g/mol. The molecule has 1 aromatic rings. The second-order valence-corrected chi connectivity index (χ2v) is 4.89. The topological polar surface area (TPSA) is 17.1 Å². The van der Waals surface area contributed by atoms with E-state index in [4.69, 9.17) is 11.6 Å². The molecule has 0 heterocycles. The first-order chi connectivity index (χ1) is 8.41.